The lowest BCUT2D eigenvalue weighted by molar-refractivity contribution is -0.137. The standard InChI is InChI=1S/C34H38F2N4O5/c1-44-26-7-8-27(33(43)40(20-25-19-34(25,35)36)30-4-2-3-12-37-30)29(17-26)39-14-10-22(11-15-39)21-45-31-16-24(9-13-38-31)28(18-32(41)42)23-5-6-23/h2-4,7-9,12-13,16-17,22-23,25,28H,5-6,10-11,14-15,18-21H2,1H3,(H,41,42). The quantitative estimate of drug-likeness (QED) is 0.246. The molecule has 0 bridgehead atoms. The lowest BCUT2D eigenvalue weighted by atomic mass is 9.92. The SMILES string of the molecule is COc1ccc(C(=O)N(CC2CC2(F)F)c2ccccn2)c(N2CCC(COc3cc(C(CC(=O)O)C4CC4)ccn3)CC2)c1. The summed E-state index contributed by atoms with van der Waals surface area (Å²) in [5.41, 5.74) is 2.06. The van der Waals surface area contributed by atoms with Crippen LogP contribution < -0.4 is 19.3 Å². The lowest BCUT2D eigenvalue weighted by Gasteiger charge is -2.35. The molecule has 2 unspecified atom stereocenters. The Morgan fingerprint density at radius 2 is 1.84 bits per heavy atom. The van der Waals surface area contributed by atoms with Crippen LogP contribution in [0.2, 0.25) is 0 Å². The van der Waals surface area contributed by atoms with Crippen molar-refractivity contribution >= 4 is 23.4 Å². The van der Waals surface area contributed by atoms with Gasteiger partial charge >= 0.3 is 5.97 Å². The van der Waals surface area contributed by atoms with Gasteiger partial charge in [-0.2, -0.15) is 0 Å². The summed E-state index contributed by atoms with van der Waals surface area (Å²) in [6.07, 6.45) is 6.83. The van der Waals surface area contributed by atoms with E-state index in [0.29, 0.717) is 54.3 Å². The molecular weight excluding hydrogens is 582 g/mol. The summed E-state index contributed by atoms with van der Waals surface area (Å²) >= 11 is 0. The first-order valence-electron chi connectivity index (χ1n) is 15.6. The number of piperidine rings is 1. The number of hydrogen-bond donors (Lipinski definition) is 1. The van der Waals surface area contributed by atoms with Crippen LogP contribution in [0, 0.1) is 17.8 Å². The Bertz CT molecular complexity index is 1510. The fourth-order valence-electron chi connectivity index (χ4n) is 6.23. The van der Waals surface area contributed by atoms with E-state index in [1.807, 2.05) is 18.2 Å². The molecule has 2 atom stereocenters. The van der Waals surface area contributed by atoms with Gasteiger partial charge in [0.2, 0.25) is 5.88 Å². The number of halogens is 2. The fraction of sp³-hybridized carbons (Fsp3) is 0.471. The second-order valence-corrected chi connectivity index (χ2v) is 12.4. The zero-order valence-electron chi connectivity index (χ0n) is 25.3. The lowest BCUT2D eigenvalue weighted by Crippen LogP contribution is -2.39. The summed E-state index contributed by atoms with van der Waals surface area (Å²) < 4.78 is 39.4. The third kappa shape index (κ3) is 7.34. The van der Waals surface area contributed by atoms with Crippen LogP contribution in [0.3, 0.4) is 0 Å². The number of ether oxygens (including phenoxy) is 2. The Balaban J connectivity index is 1.13. The Labute approximate surface area is 261 Å². The maximum atomic E-state index is 14.0. The molecule has 1 saturated heterocycles. The molecular formula is C34H38F2N4O5. The minimum atomic E-state index is -2.77. The first-order chi connectivity index (χ1) is 21.7. The number of carboxylic acid groups (broad SMARTS) is 1. The van der Waals surface area contributed by atoms with E-state index in [2.05, 4.69) is 14.9 Å². The van der Waals surface area contributed by atoms with Gasteiger partial charge < -0.3 is 19.5 Å². The van der Waals surface area contributed by atoms with Crippen molar-refractivity contribution in [3.63, 3.8) is 0 Å². The highest BCUT2D eigenvalue weighted by Crippen LogP contribution is 2.49. The summed E-state index contributed by atoms with van der Waals surface area (Å²) in [7, 11) is 1.57. The van der Waals surface area contributed by atoms with Crippen molar-refractivity contribution in [3.8, 4) is 11.6 Å². The van der Waals surface area contributed by atoms with E-state index in [9.17, 15) is 23.5 Å². The van der Waals surface area contributed by atoms with Crippen LogP contribution >= 0.6 is 0 Å². The number of anilines is 2. The van der Waals surface area contributed by atoms with E-state index in [0.717, 1.165) is 31.2 Å². The first-order valence-corrected chi connectivity index (χ1v) is 15.6. The molecule has 238 valence electrons. The number of alkyl halides is 2. The number of pyridine rings is 2. The molecule has 1 aromatic carbocycles. The normalized spacial score (nSPS) is 19.9. The highest BCUT2D eigenvalue weighted by atomic mass is 19.3. The highest BCUT2D eigenvalue weighted by molar-refractivity contribution is 6.09. The maximum absolute atomic E-state index is 14.0. The van der Waals surface area contributed by atoms with Gasteiger partial charge in [-0.25, -0.2) is 18.7 Å². The fourth-order valence-corrected chi connectivity index (χ4v) is 6.23. The molecule has 1 aliphatic heterocycles. The molecule has 3 heterocycles. The summed E-state index contributed by atoms with van der Waals surface area (Å²) in [4.78, 5) is 37.6. The largest absolute Gasteiger partial charge is 0.497 e. The Kier molecular flexibility index (Phi) is 8.87. The molecule has 3 aromatic rings. The minimum absolute atomic E-state index is 0.0229. The van der Waals surface area contributed by atoms with Crippen LogP contribution in [0.25, 0.3) is 0 Å². The number of nitrogens with zero attached hydrogens (tertiary/aromatic N) is 4. The molecule has 0 spiro atoms. The van der Waals surface area contributed by atoms with Gasteiger partial charge in [0.25, 0.3) is 11.8 Å². The molecule has 1 amide bonds. The highest BCUT2D eigenvalue weighted by Gasteiger charge is 2.57. The van der Waals surface area contributed by atoms with Crippen LogP contribution in [0.4, 0.5) is 20.3 Å². The number of rotatable bonds is 13. The number of aromatic nitrogens is 2. The van der Waals surface area contributed by atoms with Gasteiger partial charge in [-0.1, -0.05) is 6.07 Å². The number of hydrogen-bond acceptors (Lipinski definition) is 7. The minimum Gasteiger partial charge on any atom is -0.497 e. The first kappa shape index (κ1) is 30.7. The third-order valence-corrected chi connectivity index (χ3v) is 9.16. The van der Waals surface area contributed by atoms with Crippen LogP contribution in [-0.2, 0) is 4.79 Å². The average molecular weight is 621 g/mol. The van der Waals surface area contributed by atoms with E-state index in [4.69, 9.17) is 9.47 Å². The molecule has 2 saturated carbocycles. The van der Waals surface area contributed by atoms with E-state index >= 15 is 0 Å². The number of methoxy groups -OCH3 is 1. The number of carboxylic acids is 1. The van der Waals surface area contributed by atoms with Gasteiger partial charge in [-0.3, -0.25) is 14.5 Å². The zero-order valence-corrected chi connectivity index (χ0v) is 25.3. The van der Waals surface area contributed by atoms with E-state index < -0.39 is 17.8 Å². The number of aliphatic carboxylic acids is 1. The molecule has 2 aromatic heterocycles. The van der Waals surface area contributed by atoms with Crippen molar-refractivity contribution in [2.45, 2.75) is 50.4 Å². The van der Waals surface area contributed by atoms with Crippen molar-refractivity contribution in [1.82, 2.24) is 9.97 Å². The molecule has 3 aliphatic rings. The van der Waals surface area contributed by atoms with Crippen LogP contribution in [0.1, 0.15) is 60.4 Å². The van der Waals surface area contributed by atoms with Crippen molar-refractivity contribution in [2.75, 3.05) is 43.2 Å². The third-order valence-electron chi connectivity index (χ3n) is 9.16. The van der Waals surface area contributed by atoms with Crippen LogP contribution in [0.15, 0.2) is 60.9 Å². The van der Waals surface area contributed by atoms with Gasteiger partial charge in [0, 0.05) is 56.5 Å². The van der Waals surface area contributed by atoms with E-state index in [1.54, 1.807) is 49.8 Å². The predicted molar refractivity (Wildman–Crippen MR) is 164 cm³/mol. The maximum Gasteiger partial charge on any atom is 0.303 e. The molecule has 1 N–H and O–H groups in total. The van der Waals surface area contributed by atoms with Crippen molar-refractivity contribution in [3.05, 3.63) is 72.1 Å². The zero-order chi connectivity index (χ0) is 31.6. The monoisotopic (exact) mass is 620 g/mol. The van der Waals surface area contributed by atoms with Gasteiger partial charge in [0.05, 0.1) is 31.4 Å². The summed E-state index contributed by atoms with van der Waals surface area (Å²) in [6.45, 7) is 1.70. The molecule has 9 nitrogen and oxygen atoms in total. The number of amides is 1. The predicted octanol–water partition coefficient (Wildman–Crippen LogP) is 6.05. The average Bonchev–Trinajstić information content (AvgIpc) is 3.99. The molecule has 11 heteroatoms. The summed E-state index contributed by atoms with van der Waals surface area (Å²) in [6, 6.07) is 14.1. The van der Waals surface area contributed by atoms with Gasteiger partial charge in [0.15, 0.2) is 0 Å². The van der Waals surface area contributed by atoms with E-state index in [-0.39, 0.29) is 37.1 Å². The second-order valence-electron chi connectivity index (χ2n) is 12.4. The Morgan fingerprint density at radius 3 is 2.49 bits per heavy atom. The topological polar surface area (TPSA) is 105 Å². The molecule has 2 aliphatic carbocycles. The molecule has 45 heavy (non-hydrogen) atoms. The summed E-state index contributed by atoms with van der Waals surface area (Å²) in [5, 5.41) is 9.37. The number of benzene rings is 1. The molecule has 6 rings (SSSR count). The summed E-state index contributed by atoms with van der Waals surface area (Å²) in [5.74, 6) is -2.76. The number of carbonyl (C=O) groups is 2. The van der Waals surface area contributed by atoms with Gasteiger partial charge in [-0.05, 0) is 79.3 Å². The van der Waals surface area contributed by atoms with Crippen molar-refractivity contribution < 1.29 is 33.0 Å². The van der Waals surface area contributed by atoms with E-state index in [1.165, 1.54) is 4.90 Å². The van der Waals surface area contributed by atoms with Crippen molar-refractivity contribution in [2.24, 2.45) is 17.8 Å². The van der Waals surface area contributed by atoms with Crippen molar-refractivity contribution in [1.29, 1.82) is 0 Å². The smallest absolute Gasteiger partial charge is 0.303 e. The Morgan fingerprint density at radius 1 is 1.07 bits per heavy atom. The molecule has 0 radical (unpaired) electrons. The Hall–Kier alpha value is -4.28. The molecule has 3 fully saturated rings. The second kappa shape index (κ2) is 13.0. The van der Waals surface area contributed by atoms with Gasteiger partial charge in [-0.15, -0.1) is 0 Å². The van der Waals surface area contributed by atoms with Crippen LogP contribution in [-0.4, -0.2) is 66.2 Å². The number of carbonyl (C=O) groups excluding carboxylic acids is 1. The van der Waals surface area contributed by atoms with Gasteiger partial charge in [0.1, 0.15) is 11.6 Å². The van der Waals surface area contributed by atoms with Crippen LogP contribution in [0.5, 0.6) is 11.6 Å².